The zero-order valence-corrected chi connectivity index (χ0v) is 6.98. The van der Waals surface area contributed by atoms with E-state index < -0.39 is 0 Å². The summed E-state index contributed by atoms with van der Waals surface area (Å²) in [4.78, 5) is 11.5. The summed E-state index contributed by atoms with van der Waals surface area (Å²) < 4.78 is 0. The molecular formula is C5H8ClN5. The van der Waals surface area contributed by atoms with Gasteiger partial charge < -0.3 is 10.6 Å². The molecule has 0 aliphatic rings. The van der Waals surface area contributed by atoms with E-state index in [0.29, 0.717) is 11.9 Å². The second kappa shape index (κ2) is 3.34. The fourth-order valence-electron chi connectivity index (χ4n) is 0.574. The molecule has 1 rings (SSSR count). The van der Waals surface area contributed by atoms with Gasteiger partial charge in [-0.3, -0.25) is 0 Å². The number of hydrogen-bond acceptors (Lipinski definition) is 5. The Morgan fingerprint density at radius 2 is 1.45 bits per heavy atom. The minimum atomic E-state index is 0.175. The normalized spacial score (nSPS) is 9.36. The molecule has 6 heteroatoms. The summed E-state index contributed by atoms with van der Waals surface area (Å²) in [6.07, 6.45) is 0. The number of nitrogens with one attached hydrogen (secondary N) is 2. The SMILES string of the molecule is CNc1nc(Cl)nc(NC)n1. The highest BCUT2D eigenvalue weighted by Crippen LogP contribution is 2.07. The molecule has 2 N–H and O–H groups in total. The van der Waals surface area contributed by atoms with E-state index in [2.05, 4.69) is 25.6 Å². The third kappa shape index (κ3) is 1.91. The van der Waals surface area contributed by atoms with Gasteiger partial charge in [0.1, 0.15) is 0 Å². The van der Waals surface area contributed by atoms with Crippen molar-refractivity contribution in [3.63, 3.8) is 0 Å². The zero-order chi connectivity index (χ0) is 8.27. The molecule has 0 aliphatic heterocycles. The summed E-state index contributed by atoms with van der Waals surface area (Å²) in [6.45, 7) is 0. The molecule has 11 heavy (non-hydrogen) atoms. The lowest BCUT2D eigenvalue weighted by Gasteiger charge is -2.00. The summed E-state index contributed by atoms with van der Waals surface area (Å²) in [5.41, 5.74) is 0. The Labute approximate surface area is 69.2 Å². The summed E-state index contributed by atoms with van der Waals surface area (Å²) in [5.74, 6) is 0.906. The molecule has 1 aromatic rings. The van der Waals surface area contributed by atoms with Gasteiger partial charge in [0, 0.05) is 14.1 Å². The van der Waals surface area contributed by atoms with Crippen molar-refractivity contribution in [3.8, 4) is 0 Å². The van der Waals surface area contributed by atoms with E-state index in [1.807, 2.05) is 0 Å². The first-order valence-electron chi connectivity index (χ1n) is 3.03. The Bertz CT molecular complexity index is 228. The Morgan fingerprint density at radius 1 is 1.00 bits per heavy atom. The van der Waals surface area contributed by atoms with Crippen molar-refractivity contribution < 1.29 is 0 Å². The van der Waals surface area contributed by atoms with E-state index >= 15 is 0 Å². The quantitative estimate of drug-likeness (QED) is 0.686. The number of rotatable bonds is 2. The van der Waals surface area contributed by atoms with Gasteiger partial charge in [0.05, 0.1) is 0 Å². The fraction of sp³-hybridized carbons (Fsp3) is 0.400. The smallest absolute Gasteiger partial charge is 0.228 e. The number of aromatic nitrogens is 3. The monoisotopic (exact) mass is 173 g/mol. The summed E-state index contributed by atoms with van der Waals surface area (Å²) in [7, 11) is 3.43. The van der Waals surface area contributed by atoms with Crippen LogP contribution in [0.5, 0.6) is 0 Å². The van der Waals surface area contributed by atoms with E-state index in [9.17, 15) is 0 Å². The van der Waals surface area contributed by atoms with Gasteiger partial charge in [-0.2, -0.15) is 15.0 Å². The van der Waals surface area contributed by atoms with Crippen LogP contribution in [0.15, 0.2) is 0 Å². The molecule has 0 unspecified atom stereocenters. The van der Waals surface area contributed by atoms with Gasteiger partial charge in [0.25, 0.3) is 0 Å². The highest BCUT2D eigenvalue weighted by atomic mass is 35.5. The van der Waals surface area contributed by atoms with E-state index in [1.165, 1.54) is 0 Å². The van der Waals surface area contributed by atoms with Crippen LogP contribution in [0.1, 0.15) is 0 Å². The van der Waals surface area contributed by atoms with E-state index in [1.54, 1.807) is 14.1 Å². The van der Waals surface area contributed by atoms with Gasteiger partial charge in [0.15, 0.2) is 0 Å². The maximum absolute atomic E-state index is 5.57. The molecule has 0 atom stereocenters. The van der Waals surface area contributed by atoms with Crippen molar-refractivity contribution >= 4 is 23.5 Å². The second-order valence-electron chi connectivity index (χ2n) is 1.75. The maximum Gasteiger partial charge on any atom is 0.228 e. The van der Waals surface area contributed by atoms with E-state index in [0.717, 1.165) is 0 Å². The average Bonchev–Trinajstić information content (AvgIpc) is 2.03. The Kier molecular flexibility index (Phi) is 2.43. The Hall–Kier alpha value is -1.10. The van der Waals surface area contributed by atoms with Crippen LogP contribution in [0.25, 0.3) is 0 Å². The minimum Gasteiger partial charge on any atom is -0.357 e. The van der Waals surface area contributed by atoms with Crippen LogP contribution in [-0.4, -0.2) is 29.0 Å². The molecule has 0 amide bonds. The second-order valence-corrected chi connectivity index (χ2v) is 2.09. The van der Waals surface area contributed by atoms with Crippen LogP contribution < -0.4 is 10.6 Å². The van der Waals surface area contributed by atoms with Crippen molar-refractivity contribution in [2.45, 2.75) is 0 Å². The molecular weight excluding hydrogens is 166 g/mol. The molecule has 0 spiro atoms. The van der Waals surface area contributed by atoms with Gasteiger partial charge in [-0.1, -0.05) is 0 Å². The molecule has 0 saturated heterocycles. The van der Waals surface area contributed by atoms with Crippen LogP contribution in [0.3, 0.4) is 0 Å². The average molecular weight is 174 g/mol. The van der Waals surface area contributed by atoms with Crippen molar-refractivity contribution in [2.75, 3.05) is 24.7 Å². The topological polar surface area (TPSA) is 62.7 Å². The van der Waals surface area contributed by atoms with Crippen molar-refractivity contribution in [1.82, 2.24) is 15.0 Å². The lowest BCUT2D eigenvalue weighted by Crippen LogP contribution is -2.03. The molecule has 0 aromatic carbocycles. The van der Waals surface area contributed by atoms with Crippen molar-refractivity contribution in [3.05, 3.63) is 5.28 Å². The molecule has 1 aromatic heterocycles. The molecule has 0 aliphatic carbocycles. The van der Waals surface area contributed by atoms with E-state index in [4.69, 9.17) is 11.6 Å². The summed E-state index contributed by atoms with van der Waals surface area (Å²) in [6, 6.07) is 0. The zero-order valence-electron chi connectivity index (χ0n) is 6.22. The first-order valence-corrected chi connectivity index (χ1v) is 3.41. The first kappa shape index (κ1) is 8.00. The standard InChI is InChI=1S/C5H8ClN5/c1-7-4-9-3(6)10-5(8-2)11-4/h1-2H3,(H2,7,8,9,10,11). The van der Waals surface area contributed by atoms with Crippen LogP contribution in [0.2, 0.25) is 5.28 Å². The van der Waals surface area contributed by atoms with E-state index in [-0.39, 0.29) is 5.28 Å². The molecule has 5 nitrogen and oxygen atoms in total. The van der Waals surface area contributed by atoms with Crippen LogP contribution >= 0.6 is 11.6 Å². The van der Waals surface area contributed by atoms with Crippen LogP contribution in [-0.2, 0) is 0 Å². The lowest BCUT2D eigenvalue weighted by atomic mass is 10.8. The number of anilines is 2. The third-order valence-electron chi connectivity index (χ3n) is 1.06. The molecule has 0 fully saturated rings. The van der Waals surface area contributed by atoms with Gasteiger partial charge in [-0.05, 0) is 11.6 Å². The number of nitrogens with zero attached hydrogens (tertiary/aromatic N) is 3. The predicted molar refractivity (Wildman–Crippen MR) is 43.9 cm³/mol. The van der Waals surface area contributed by atoms with Gasteiger partial charge in [-0.25, -0.2) is 0 Å². The Balaban J connectivity index is 3.02. The molecule has 60 valence electrons. The van der Waals surface area contributed by atoms with Gasteiger partial charge >= 0.3 is 0 Å². The minimum absolute atomic E-state index is 0.175. The fourth-order valence-corrected chi connectivity index (χ4v) is 0.734. The molecule has 1 heterocycles. The highest BCUT2D eigenvalue weighted by Gasteiger charge is 1.99. The van der Waals surface area contributed by atoms with Gasteiger partial charge in [0.2, 0.25) is 17.2 Å². The molecule has 0 radical (unpaired) electrons. The largest absolute Gasteiger partial charge is 0.357 e. The summed E-state index contributed by atoms with van der Waals surface area (Å²) >= 11 is 5.57. The van der Waals surface area contributed by atoms with Crippen LogP contribution in [0, 0.1) is 0 Å². The van der Waals surface area contributed by atoms with Gasteiger partial charge in [-0.15, -0.1) is 0 Å². The van der Waals surface area contributed by atoms with Crippen molar-refractivity contribution in [2.24, 2.45) is 0 Å². The highest BCUT2D eigenvalue weighted by molar-refractivity contribution is 6.28. The maximum atomic E-state index is 5.57. The number of halogens is 1. The third-order valence-corrected chi connectivity index (χ3v) is 1.22. The predicted octanol–water partition coefficient (Wildman–Crippen LogP) is 0.608. The molecule has 0 bridgehead atoms. The van der Waals surface area contributed by atoms with Crippen LogP contribution in [0.4, 0.5) is 11.9 Å². The number of hydrogen-bond donors (Lipinski definition) is 2. The van der Waals surface area contributed by atoms with Crippen molar-refractivity contribution in [1.29, 1.82) is 0 Å². The first-order chi connectivity index (χ1) is 5.26. The molecule has 0 saturated carbocycles. The summed E-state index contributed by atoms with van der Waals surface area (Å²) in [5, 5.41) is 5.69. The lowest BCUT2D eigenvalue weighted by molar-refractivity contribution is 1.04. The Morgan fingerprint density at radius 3 is 1.82 bits per heavy atom.